The quantitative estimate of drug-likeness (QED) is 0.777. The molecule has 3 aliphatic rings. The zero-order chi connectivity index (χ0) is 10.8. The van der Waals surface area contributed by atoms with Crippen LogP contribution in [0.3, 0.4) is 0 Å². The van der Waals surface area contributed by atoms with E-state index in [-0.39, 0.29) is 0 Å². The van der Waals surface area contributed by atoms with Crippen LogP contribution in [0.25, 0.3) is 0 Å². The Balaban J connectivity index is 1.56. The lowest BCUT2D eigenvalue weighted by Gasteiger charge is -2.37. The second-order valence-corrected chi connectivity index (χ2v) is 5.90. The van der Waals surface area contributed by atoms with Crippen molar-refractivity contribution in [1.82, 2.24) is 5.32 Å². The molecule has 0 aromatic rings. The van der Waals surface area contributed by atoms with Gasteiger partial charge in [0.05, 0.1) is 6.10 Å². The molecule has 0 spiro atoms. The smallest absolute Gasteiger partial charge is 0.0619 e. The first-order valence-electron chi connectivity index (χ1n) is 7.31. The SMILES string of the molecule is C1CCC(N[C@@H]2CCC[C@H]3OCC[C@@H]23)CC1. The predicted molar refractivity (Wildman–Crippen MR) is 65.5 cm³/mol. The summed E-state index contributed by atoms with van der Waals surface area (Å²) in [6.45, 7) is 1.01. The van der Waals surface area contributed by atoms with E-state index < -0.39 is 0 Å². The minimum absolute atomic E-state index is 0.592. The number of hydrogen-bond donors (Lipinski definition) is 1. The summed E-state index contributed by atoms with van der Waals surface area (Å²) in [5, 5.41) is 3.95. The molecule has 16 heavy (non-hydrogen) atoms. The third-order valence-corrected chi connectivity index (χ3v) is 4.84. The van der Waals surface area contributed by atoms with Gasteiger partial charge >= 0.3 is 0 Å². The van der Waals surface area contributed by atoms with Crippen LogP contribution in [-0.4, -0.2) is 24.8 Å². The van der Waals surface area contributed by atoms with Crippen molar-refractivity contribution in [3.05, 3.63) is 0 Å². The maximum Gasteiger partial charge on any atom is 0.0619 e. The molecule has 3 rings (SSSR count). The van der Waals surface area contributed by atoms with E-state index in [1.54, 1.807) is 0 Å². The molecule has 0 bridgehead atoms. The third kappa shape index (κ3) is 2.28. The topological polar surface area (TPSA) is 21.3 Å². The summed E-state index contributed by atoms with van der Waals surface area (Å²) < 4.78 is 5.84. The molecular weight excluding hydrogens is 198 g/mol. The van der Waals surface area contributed by atoms with Crippen LogP contribution in [-0.2, 0) is 4.74 Å². The molecule has 0 unspecified atom stereocenters. The molecule has 0 amide bonds. The van der Waals surface area contributed by atoms with E-state index >= 15 is 0 Å². The molecule has 2 nitrogen and oxygen atoms in total. The summed E-state index contributed by atoms with van der Waals surface area (Å²) in [4.78, 5) is 0. The predicted octanol–water partition coefficient (Wildman–Crippen LogP) is 2.87. The van der Waals surface area contributed by atoms with Crippen molar-refractivity contribution >= 4 is 0 Å². The fourth-order valence-corrected chi connectivity index (χ4v) is 3.95. The standard InChI is InChI=1S/C14H25NO/c1-2-5-11(6-3-1)15-13-7-4-8-14-12(13)9-10-16-14/h11-15H,1-10H2/t12-,13+,14+/m0/s1. The van der Waals surface area contributed by atoms with Gasteiger partial charge in [0.2, 0.25) is 0 Å². The normalized spacial score (nSPS) is 40.9. The minimum atomic E-state index is 0.592. The monoisotopic (exact) mass is 223 g/mol. The Labute approximate surface area is 99.1 Å². The van der Waals surface area contributed by atoms with Gasteiger partial charge in [-0.3, -0.25) is 0 Å². The molecule has 1 N–H and O–H groups in total. The highest BCUT2D eigenvalue weighted by Gasteiger charge is 2.38. The lowest BCUT2D eigenvalue weighted by atomic mass is 9.80. The Morgan fingerprint density at radius 3 is 2.56 bits per heavy atom. The van der Waals surface area contributed by atoms with E-state index in [1.165, 1.54) is 57.8 Å². The molecule has 0 radical (unpaired) electrons. The fourth-order valence-electron chi connectivity index (χ4n) is 3.95. The summed E-state index contributed by atoms with van der Waals surface area (Å²) in [5.41, 5.74) is 0. The van der Waals surface area contributed by atoms with Crippen LogP contribution < -0.4 is 5.32 Å². The highest BCUT2D eigenvalue weighted by molar-refractivity contribution is 4.92. The van der Waals surface area contributed by atoms with Crippen LogP contribution >= 0.6 is 0 Å². The van der Waals surface area contributed by atoms with Crippen molar-refractivity contribution in [3.8, 4) is 0 Å². The highest BCUT2D eigenvalue weighted by atomic mass is 16.5. The maximum atomic E-state index is 5.84. The van der Waals surface area contributed by atoms with Gasteiger partial charge < -0.3 is 10.1 Å². The molecule has 0 aromatic heterocycles. The van der Waals surface area contributed by atoms with Crippen LogP contribution in [0.5, 0.6) is 0 Å². The van der Waals surface area contributed by atoms with Crippen LogP contribution in [0.15, 0.2) is 0 Å². The molecule has 2 aliphatic carbocycles. The Kier molecular flexibility index (Phi) is 3.49. The van der Waals surface area contributed by atoms with Gasteiger partial charge in [0.15, 0.2) is 0 Å². The van der Waals surface area contributed by atoms with E-state index in [2.05, 4.69) is 5.32 Å². The van der Waals surface area contributed by atoms with Gasteiger partial charge in [-0.1, -0.05) is 19.3 Å². The molecule has 1 aliphatic heterocycles. The Morgan fingerprint density at radius 1 is 0.812 bits per heavy atom. The molecule has 1 saturated heterocycles. The zero-order valence-corrected chi connectivity index (χ0v) is 10.3. The maximum absolute atomic E-state index is 5.84. The van der Waals surface area contributed by atoms with Gasteiger partial charge in [-0.2, -0.15) is 0 Å². The summed E-state index contributed by atoms with van der Waals surface area (Å²) in [7, 11) is 0. The third-order valence-electron chi connectivity index (χ3n) is 4.84. The molecular formula is C14H25NO. The van der Waals surface area contributed by atoms with Crippen LogP contribution in [0, 0.1) is 5.92 Å². The fraction of sp³-hybridized carbons (Fsp3) is 1.00. The second-order valence-electron chi connectivity index (χ2n) is 5.90. The summed E-state index contributed by atoms with van der Waals surface area (Å²) in [6, 6.07) is 1.59. The molecule has 3 fully saturated rings. The van der Waals surface area contributed by atoms with Crippen molar-refractivity contribution in [2.75, 3.05) is 6.61 Å². The molecule has 2 heteroatoms. The first-order valence-corrected chi connectivity index (χ1v) is 7.31. The summed E-state index contributed by atoms with van der Waals surface area (Å²) in [5.74, 6) is 0.829. The Bertz CT molecular complexity index is 225. The average Bonchev–Trinajstić information content (AvgIpc) is 2.80. The average molecular weight is 223 g/mol. The van der Waals surface area contributed by atoms with E-state index in [0.29, 0.717) is 6.10 Å². The summed E-state index contributed by atoms with van der Waals surface area (Å²) >= 11 is 0. The number of nitrogens with one attached hydrogen (secondary N) is 1. The van der Waals surface area contributed by atoms with Crippen molar-refractivity contribution in [1.29, 1.82) is 0 Å². The van der Waals surface area contributed by atoms with E-state index in [4.69, 9.17) is 4.74 Å². The molecule has 2 saturated carbocycles. The first kappa shape index (κ1) is 11.0. The molecule has 1 heterocycles. The zero-order valence-electron chi connectivity index (χ0n) is 10.3. The van der Waals surface area contributed by atoms with Gasteiger partial charge in [-0.25, -0.2) is 0 Å². The van der Waals surface area contributed by atoms with Gasteiger partial charge in [0.25, 0.3) is 0 Å². The van der Waals surface area contributed by atoms with Gasteiger partial charge in [-0.15, -0.1) is 0 Å². The van der Waals surface area contributed by atoms with Gasteiger partial charge in [0, 0.05) is 24.6 Å². The first-order chi connectivity index (χ1) is 7.93. The van der Waals surface area contributed by atoms with Crippen molar-refractivity contribution in [3.63, 3.8) is 0 Å². The molecule has 3 atom stereocenters. The lowest BCUT2D eigenvalue weighted by Crippen LogP contribution is -2.48. The van der Waals surface area contributed by atoms with E-state index in [0.717, 1.165) is 24.6 Å². The van der Waals surface area contributed by atoms with Crippen molar-refractivity contribution < 1.29 is 4.74 Å². The Hall–Kier alpha value is -0.0800. The second kappa shape index (κ2) is 5.05. The molecule has 92 valence electrons. The van der Waals surface area contributed by atoms with Crippen molar-refractivity contribution in [2.24, 2.45) is 5.92 Å². The highest BCUT2D eigenvalue weighted by Crippen LogP contribution is 2.35. The lowest BCUT2D eigenvalue weighted by molar-refractivity contribution is 0.0500. The van der Waals surface area contributed by atoms with Crippen LogP contribution in [0.4, 0.5) is 0 Å². The minimum Gasteiger partial charge on any atom is -0.378 e. The molecule has 0 aromatic carbocycles. The largest absolute Gasteiger partial charge is 0.378 e. The number of hydrogen-bond acceptors (Lipinski definition) is 2. The van der Waals surface area contributed by atoms with Gasteiger partial charge in [-0.05, 0) is 38.5 Å². The van der Waals surface area contributed by atoms with Crippen LogP contribution in [0.2, 0.25) is 0 Å². The number of rotatable bonds is 2. The number of fused-ring (bicyclic) bond motifs is 1. The number of ether oxygens (including phenoxy) is 1. The summed E-state index contributed by atoms with van der Waals surface area (Å²) in [6.07, 6.45) is 13.1. The van der Waals surface area contributed by atoms with Gasteiger partial charge in [0.1, 0.15) is 0 Å². The van der Waals surface area contributed by atoms with Crippen molar-refractivity contribution in [2.45, 2.75) is 76.0 Å². The van der Waals surface area contributed by atoms with E-state index in [1.807, 2.05) is 0 Å². The van der Waals surface area contributed by atoms with E-state index in [9.17, 15) is 0 Å². The Morgan fingerprint density at radius 2 is 1.69 bits per heavy atom. The van der Waals surface area contributed by atoms with Crippen LogP contribution in [0.1, 0.15) is 57.8 Å².